The Kier molecular flexibility index (Phi) is 5.14. The third kappa shape index (κ3) is 3.29. The first kappa shape index (κ1) is 14.2. The number of esters is 1. The van der Waals surface area contributed by atoms with Crippen molar-refractivity contribution in [2.24, 2.45) is 5.92 Å². The Morgan fingerprint density at radius 2 is 2.24 bits per heavy atom. The molecular formula is C11H18N2O2S2. The average Bonchev–Trinajstić information content (AvgIpc) is 2.62. The Balaban J connectivity index is 3.00. The Bertz CT molecular complexity index is 402. The molecule has 3 N–H and O–H groups in total. The van der Waals surface area contributed by atoms with Crippen molar-refractivity contribution in [1.82, 2.24) is 0 Å². The Labute approximate surface area is 110 Å². The van der Waals surface area contributed by atoms with Crippen molar-refractivity contribution in [2.75, 3.05) is 31.0 Å². The van der Waals surface area contributed by atoms with Crippen molar-refractivity contribution in [3.8, 4) is 0 Å². The lowest BCUT2D eigenvalue weighted by Crippen LogP contribution is -2.07. The maximum absolute atomic E-state index is 11.5. The average molecular weight is 274 g/mol. The predicted octanol–water partition coefficient (Wildman–Crippen LogP) is 2.91. The quantitative estimate of drug-likeness (QED) is 0.638. The third-order valence-electron chi connectivity index (χ3n) is 2.15. The molecule has 17 heavy (non-hydrogen) atoms. The number of hydrogen-bond acceptors (Lipinski definition) is 6. The van der Waals surface area contributed by atoms with Crippen molar-refractivity contribution in [2.45, 2.75) is 18.7 Å². The molecule has 0 saturated heterocycles. The van der Waals surface area contributed by atoms with E-state index in [1.165, 1.54) is 30.2 Å². The summed E-state index contributed by atoms with van der Waals surface area (Å²) in [5, 5.41) is 4.26. The van der Waals surface area contributed by atoms with Gasteiger partial charge in [0, 0.05) is 6.54 Å². The number of anilines is 2. The Hall–Kier alpha value is -0.880. The molecule has 0 bridgehead atoms. The highest BCUT2D eigenvalue weighted by molar-refractivity contribution is 7.99. The summed E-state index contributed by atoms with van der Waals surface area (Å²) in [6.45, 7) is 5.11. The monoisotopic (exact) mass is 274 g/mol. The van der Waals surface area contributed by atoms with Gasteiger partial charge in [-0.1, -0.05) is 13.8 Å². The van der Waals surface area contributed by atoms with E-state index in [0.29, 0.717) is 16.5 Å². The number of carbonyl (C=O) groups excluding carboxylic acids is 1. The first-order valence-corrected chi connectivity index (χ1v) is 7.33. The van der Waals surface area contributed by atoms with E-state index in [1.807, 2.05) is 6.26 Å². The lowest BCUT2D eigenvalue weighted by atomic mass is 10.2. The number of methoxy groups -OCH3 is 1. The lowest BCUT2D eigenvalue weighted by molar-refractivity contribution is 0.0607. The van der Waals surface area contributed by atoms with Crippen LogP contribution in [0.2, 0.25) is 0 Å². The van der Waals surface area contributed by atoms with E-state index in [9.17, 15) is 4.79 Å². The molecule has 0 radical (unpaired) electrons. The first-order chi connectivity index (χ1) is 8.01. The minimum absolute atomic E-state index is 0.375. The highest BCUT2D eigenvalue weighted by atomic mass is 32.2. The smallest absolute Gasteiger partial charge is 0.350 e. The second kappa shape index (κ2) is 6.16. The minimum atomic E-state index is -0.375. The molecule has 0 aliphatic rings. The number of ether oxygens (including phenoxy) is 1. The van der Waals surface area contributed by atoms with E-state index in [0.717, 1.165) is 16.4 Å². The zero-order chi connectivity index (χ0) is 13.0. The standard InChI is InChI=1S/C11H18N2O2S2/c1-6(2)5-13-10-8(16-4)7(12)9(17-10)11(14)15-3/h6,13H,5,12H2,1-4H3. The molecule has 96 valence electrons. The van der Waals surface area contributed by atoms with Gasteiger partial charge in [0.25, 0.3) is 0 Å². The number of carbonyl (C=O) groups is 1. The summed E-state index contributed by atoms with van der Waals surface area (Å²) in [5.74, 6) is 0.162. The van der Waals surface area contributed by atoms with Crippen molar-refractivity contribution in [3.05, 3.63) is 4.88 Å². The highest BCUT2D eigenvalue weighted by Gasteiger charge is 2.20. The van der Waals surface area contributed by atoms with Crippen molar-refractivity contribution in [3.63, 3.8) is 0 Å². The summed E-state index contributed by atoms with van der Waals surface area (Å²) in [4.78, 5) is 12.9. The maximum atomic E-state index is 11.5. The molecule has 1 aromatic rings. The number of thiophene rings is 1. The van der Waals surface area contributed by atoms with Gasteiger partial charge in [-0.2, -0.15) is 0 Å². The summed E-state index contributed by atoms with van der Waals surface area (Å²) in [7, 11) is 1.36. The van der Waals surface area contributed by atoms with Gasteiger partial charge in [0.15, 0.2) is 0 Å². The van der Waals surface area contributed by atoms with Crippen LogP contribution in [-0.2, 0) is 4.74 Å². The number of rotatable bonds is 5. The topological polar surface area (TPSA) is 64.3 Å². The molecule has 1 heterocycles. The van der Waals surface area contributed by atoms with Gasteiger partial charge in [-0.3, -0.25) is 0 Å². The number of nitrogens with two attached hydrogens (primary N) is 1. The molecule has 1 rings (SSSR count). The van der Waals surface area contributed by atoms with Gasteiger partial charge < -0.3 is 15.8 Å². The molecule has 0 spiro atoms. The molecule has 4 nitrogen and oxygen atoms in total. The minimum Gasteiger partial charge on any atom is -0.465 e. The van der Waals surface area contributed by atoms with Gasteiger partial charge >= 0.3 is 5.97 Å². The fraction of sp³-hybridized carbons (Fsp3) is 0.545. The number of hydrogen-bond donors (Lipinski definition) is 2. The van der Waals surface area contributed by atoms with Gasteiger partial charge in [0.2, 0.25) is 0 Å². The normalized spacial score (nSPS) is 10.6. The number of nitrogen functional groups attached to an aromatic ring is 1. The summed E-state index contributed by atoms with van der Waals surface area (Å²) < 4.78 is 4.71. The maximum Gasteiger partial charge on any atom is 0.350 e. The van der Waals surface area contributed by atoms with Crippen LogP contribution in [-0.4, -0.2) is 25.9 Å². The van der Waals surface area contributed by atoms with E-state index in [1.54, 1.807) is 0 Å². The Morgan fingerprint density at radius 3 is 2.71 bits per heavy atom. The van der Waals surface area contributed by atoms with Crippen LogP contribution >= 0.6 is 23.1 Å². The van der Waals surface area contributed by atoms with Crippen LogP contribution in [0.25, 0.3) is 0 Å². The molecule has 0 aliphatic carbocycles. The third-order valence-corrected chi connectivity index (χ3v) is 4.25. The van der Waals surface area contributed by atoms with Gasteiger partial charge in [-0.15, -0.1) is 23.1 Å². The van der Waals surface area contributed by atoms with Gasteiger partial charge in [0.05, 0.1) is 17.7 Å². The molecule has 0 atom stereocenters. The predicted molar refractivity (Wildman–Crippen MR) is 75.2 cm³/mol. The molecule has 0 aliphatic heterocycles. The van der Waals surface area contributed by atoms with Crippen LogP contribution in [0.1, 0.15) is 23.5 Å². The van der Waals surface area contributed by atoms with Crippen LogP contribution in [0.5, 0.6) is 0 Å². The van der Waals surface area contributed by atoms with E-state index in [2.05, 4.69) is 19.2 Å². The molecule has 0 unspecified atom stereocenters. The molecule has 0 saturated carbocycles. The molecule has 6 heteroatoms. The van der Waals surface area contributed by atoms with Crippen LogP contribution in [0.4, 0.5) is 10.7 Å². The molecule has 0 fully saturated rings. The second-order valence-electron chi connectivity index (χ2n) is 3.97. The number of thioether (sulfide) groups is 1. The summed E-state index contributed by atoms with van der Waals surface area (Å²) in [6, 6.07) is 0. The van der Waals surface area contributed by atoms with Crippen molar-refractivity contribution >= 4 is 39.8 Å². The fourth-order valence-corrected chi connectivity index (χ4v) is 3.25. The zero-order valence-electron chi connectivity index (χ0n) is 10.5. The van der Waals surface area contributed by atoms with Crippen LogP contribution in [0.15, 0.2) is 4.90 Å². The SMILES string of the molecule is COC(=O)c1sc(NCC(C)C)c(SC)c1N. The fourth-order valence-electron chi connectivity index (χ4n) is 1.29. The van der Waals surface area contributed by atoms with Crippen molar-refractivity contribution in [1.29, 1.82) is 0 Å². The van der Waals surface area contributed by atoms with E-state index in [4.69, 9.17) is 10.5 Å². The summed E-state index contributed by atoms with van der Waals surface area (Å²) >= 11 is 2.89. The van der Waals surface area contributed by atoms with Crippen LogP contribution < -0.4 is 11.1 Å². The van der Waals surface area contributed by atoms with Crippen molar-refractivity contribution < 1.29 is 9.53 Å². The number of nitrogens with one attached hydrogen (secondary N) is 1. The summed E-state index contributed by atoms with van der Waals surface area (Å²) in [6.07, 6.45) is 1.94. The van der Waals surface area contributed by atoms with E-state index in [-0.39, 0.29) is 5.97 Å². The zero-order valence-corrected chi connectivity index (χ0v) is 12.1. The van der Waals surface area contributed by atoms with Crippen LogP contribution in [0, 0.1) is 5.92 Å². The first-order valence-electron chi connectivity index (χ1n) is 5.29. The van der Waals surface area contributed by atoms with Gasteiger partial charge in [0.1, 0.15) is 9.88 Å². The van der Waals surface area contributed by atoms with Crippen LogP contribution in [0.3, 0.4) is 0 Å². The second-order valence-corrected chi connectivity index (χ2v) is 5.81. The largest absolute Gasteiger partial charge is 0.465 e. The Morgan fingerprint density at radius 1 is 1.59 bits per heavy atom. The molecule has 0 amide bonds. The van der Waals surface area contributed by atoms with Gasteiger partial charge in [-0.05, 0) is 12.2 Å². The molecule has 0 aromatic carbocycles. The summed E-state index contributed by atoms with van der Waals surface area (Å²) in [5.41, 5.74) is 6.46. The molecular weight excluding hydrogens is 256 g/mol. The van der Waals surface area contributed by atoms with E-state index >= 15 is 0 Å². The van der Waals surface area contributed by atoms with E-state index < -0.39 is 0 Å². The molecule has 1 aromatic heterocycles. The highest BCUT2D eigenvalue weighted by Crippen LogP contribution is 2.41. The van der Waals surface area contributed by atoms with Gasteiger partial charge in [-0.25, -0.2) is 4.79 Å². The lowest BCUT2D eigenvalue weighted by Gasteiger charge is -2.08.